The van der Waals surface area contributed by atoms with E-state index in [1.807, 2.05) is 6.07 Å². The largest absolute Gasteiger partial charge is 0.354 e. The third kappa shape index (κ3) is 4.55. The van der Waals surface area contributed by atoms with Crippen LogP contribution in [0.25, 0.3) is 16.8 Å². The summed E-state index contributed by atoms with van der Waals surface area (Å²) >= 11 is 0. The first-order chi connectivity index (χ1) is 16.1. The minimum atomic E-state index is -0.294. The Bertz CT molecular complexity index is 1270. The normalized spacial score (nSPS) is 16.2. The summed E-state index contributed by atoms with van der Waals surface area (Å²) in [5, 5.41) is 7.58. The van der Waals surface area contributed by atoms with E-state index in [9.17, 15) is 13.6 Å². The second-order valence-electron chi connectivity index (χ2n) is 8.25. The van der Waals surface area contributed by atoms with Crippen LogP contribution < -0.4 is 10.2 Å². The molecule has 1 atom stereocenters. The molecule has 6 nitrogen and oxygen atoms in total. The average molecular weight is 447 g/mol. The Morgan fingerprint density at radius 3 is 2.55 bits per heavy atom. The number of piperidine rings is 1. The van der Waals surface area contributed by atoms with Crippen molar-refractivity contribution in [3.05, 3.63) is 84.2 Å². The summed E-state index contributed by atoms with van der Waals surface area (Å²) in [6.45, 7) is 1.72. The number of carbonyl (C=O) groups is 1. The molecular weight excluding hydrogens is 424 g/mol. The maximum absolute atomic E-state index is 13.3. The fourth-order valence-electron chi connectivity index (χ4n) is 4.23. The van der Waals surface area contributed by atoms with Gasteiger partial charge in [0.05, 0.1) is 11.6 Å². The molecule has 8 heteroatoms. The molecule has 1 amide bonds. The number of benzene rings is 2. The first kappa shape index (κ1) is 21.1. The zero-order valence-corrected chi connectivity index (χ0v) is 17.9. The molecule has 0 bridgehead atoms. The molecule has 0 radical (unpaired) electrons. The van der Waals surface area contributed by atoms with Gasteiger partial charge < -0.3 is 10.2 Å². The van der Waals surface area contributed by atoms with Gasteiger partial charge in [-0.2, -0.15) is 5.10 Å². The Morgan fingerprint density at radius 2 is 1.79 bits per heavy atom. The number of carbonyl (C=O) groups excluding carboxylic acids is 1. The molecule has 4 aromatic rings. The Hall–Kier alpha value is -3.81. The van der Waals surface area contributed by atoms with Crippen LogP contribution in [0.15, 0.2) is 67.0 Å². The van der Waals surface area contributed by atoms with E-state index < -0.39 is 0 Å². The number of hydrogen-bond acceptors (Lipinski definition) is 4. The third-order valence-electron chi connectivity index (χ3n) is 5.98. The van der Waals surface area contributed by atoms with Crippen LogP contribution in [0.1, 0.15) is 18.4 Å². The van der Waals surface area contributed by atoms with Crippen LogP contribution in [0.4, 0.5) is 14.6 Å². The quantitative estimate of drug-likeness (QED) is 0.498. The fourth-order valence-corrected chi connectivity index (χ4v) is 4.23. The summed E-state index contributed by atoms with van der Waals surface area (Å²) in [6, 6.07) is 14.3. The highest BCUT2D eigenvalue weighted by Crippen LogP contribution is 2.28. The van der Waals surface area contributed by atoms with Gasteiger partial charge in [0.25, 0.3) is 0 Å². The molecule has 5 rings (SSSR count). The summed E-state index contributed by atoms with van der Waals surface area (Å²) in [4.78, 5) is 19.5. The first-order valence-corrected chi connectivity index (χ1v) is 10.9. The molecule has 3 heterocycles. The van der Waals surface area contributed by atoms with Crippen LogP contribution in [0.5, 0.6) is 0 Å². The van der Waals surface area contributed by atoms with Crippen LogP contribution in [0.3, 0.4) is 0 Å². The standard InChI is InChI=1S/C25H23F2N5O/c26-20-7-3-17(4-8-20)15-29-25(33)19-2-1-12-31(16-19)24-23-14-22(30-32(23)13-11-28-24)18-5-9-21(27)10-6-18/h3-11,13-14,19H,1-2,12,15-16H2,(H,29,33). The molecule has 1 unspecified atom stereocenters. The van der Waals surface area contributed by atoms with E-state index >= 15 is 0 Å². The number of nitrogens with one attached hydrogen (secondary N) is 1. The topological polar surface area (TPSA) is 62.5 Å². The van der Waals surface area contributed by atoms with Crippen LogP contribution in [-0.4, -0.2) is 33.6 Å². The van der Waals surface area contributed by atoms with Crippen LogP contribution in [0.2, 0.25) is 0 Å². The van der Waals surface area contributed by atoms with E-state index in [4.69, 9.17) is 0 Å². The lowest BCUT2D eigenvalue weighted by molar-refractivity contribution is -0.125. The predicted molar refractivity (Wildman–Crippen MR) is 122 cm³/mol. The van der Waals surface area contributed by atoms with E-state index in [1.54, 1.807) is 41.2 Å². The number of aromatic nitrogens is 3. The zero-order chi connectivity index (χ0) is 22.8. The maximum Gasteiger partial charge on any atom is 0.225 e. The Kier molecular flexibility index (Phi) is 5.73. The summed E-state index contributed by atoms with van der Waals surface area (Å²) in [6.07, 6.45) is 5.15. The van der Waals surface area contributed by atoms with E-state index in [2.05, 4.69) is 20.3 Å². The van der Waals surface area contributed by atoms with E-state index in [1.165, 1.54) is 24.3 Å². The van der Waals surface area contributed by atoms with E-state index in [-0.39, 0.29) is 23.5 Å². The number of nitrogens with zero attached hydrogens (tertiary/aromatic N) is 4. The number of amides is 1. The zero-order valence-electron chi connectivity index (χ0n) is 17.9. The van der Waals surface area contributed by atoms with E-state index in [0.29, 0.717) is 13.1 Å². The number of halogens is 2. The van der Waals surface area contributed by atoms with Gasteiger partial charge in [-0.05, 0) is 60.9 Å². The van der Waals surface area contributed by atoms with Crippen molar-refractivity contribution in [1.29, 1.82) is 0 Å². The lowest BCUT2D eigenvalue weighted by atomic mass is 9.97. The maximum atomic E-state index is 13.3. The molecule has 0 spiro atoms. The van der Waals surface area contributed by atoms with Crippen molar-refractivity contribution in [3.63, 3.8) is 0 Å². The van der Waals surface area contributed by atoms with Gasteiger partial charge in [0.1, 0.15) is 17.2 Å². The molecule has 1 N–H and O–H groups in total. The highest BCUT2D eigenvalue weighted by atomic mass is 19.1. The van der Waals surface area contributed by atoms with Crippen molar-refractivity contribution < 1.29 is 13.6 Å². The summed E-state index contributed by atoms with van der Waals surface area (Å²) in [7, 11) is 0. The molecule has 1 aliphatic rings. The number of hydrogen-bond donors (Lipinski definition) is 1. The molecule has 33 heavy (non-hydrogen) atoms. The van der Waals surface area contributed by atoms with Gasteiger partial charge in [0.15, 0.2) is 5.82 Å². The Morgan fingerprint density at radius 1 is 1.06 bits per heavy atom. The van der Waals surface area contributed by atoms with Crippen molar-refractivity contribution in [1.82, 2.24) is 19.9 Å². The third-order valence-corrected chi connectivity index (χ3v) is 5.98. The Balaban J connectivity index is 1.32. The second-order valence-corrected chi connectivity index (χ2v) is 8.25. The van der Waals surface area contributed by atoms with Crippen molar-refractivity contribution in [2.75, 3.05) is 18.0 Å². The summed E-state index contributed by atoms with van der Waals surface area (Å²) in [5.41, 5.74) is 3.25. The molecule has 0 aliphatic carbocycles. The smallest absolute Gasteiger partial charge is 0.225 e. The monoisotopic (exact) mass is 447 g/mol. The van der Waals surface area contributed by atoms with Crippen LogP contribution in [0, 0.1) is 17.6 Å². The predicted octanol–water partition coefficient (Wildman–Crippen LogP) is 4.21. The second kappa shape index (κ2) is 8.97. The molecule has 1 aliphatic heterocycles. The molecule has 0 saturated carbocycles. The summed E-state index contributed by atoms with van der Waals surface area (Å²) in [5.74, 6) is 0.00527. The Labute approximate surface area is 189 Å². The number of rotatable bonds is 5. The number of fused-ring (bicyclic) bond motifs is 1. The SMILES string of the molecule is O=C(NCc1ccc(F)cc1)C1CCCN(c2nccn3nc(-c4ccc(F)cc4)cc23)C1. The molecule has 2 aromatic heterocycles. The van der Waals surface area contributed by atoms with Gasteiger partial charge in [0.2, 0.25) is 5.91 Å². The molecule has 1 fully saturated rings. The van der Waals surface area contributed by atoms with Gasteiger partial charge >= 0.3 is 0 Å². The van der Waals surface area contributed by atoms with Crippen LogP contribution in [-0.2, 0) is 11.3 Å². The van der Waals surface area contributed by atoms with Crippen molar-refractivity contribution in [2.24, 2.45) is 5.92 Å². The van der Waals surface area contributed by atoms with Gasteiger partial charge in [-0.3, -0.25) is 4.79 Å². The lowest BCUT2D eigenvalue weighted by Gasteiger charge is -2.33. The van der Waals surface area contributed by atoms with Gasteiger partial charge in [0, 0.05) is 37.6 Å². The van der Waals surface area contributed by atoms with Crippen molar-refractivity contribution >= 4 is 17.2 Å². The minimum absolute atomic E-state index is 0.0171. The minimum Gasteiger partial charge on any atom is -0.354 e. The van der Waals surface area contributed by atoms with Gasteiger partial charge in [-0.25, -0.2) is 18.3 Å². The van der Waals surface area contributed by atoms with Crippen molar-refractivity contribution in [2.45, 2.75) is 19.4 Å². The lowest BCUT2D eigenvalue weighted by Crippen LogP contribution is -2.43. The fraction of sp³-hybridized carbons (Fsp3) is 0.240. The average Bonchev–Trinajstić information content (AvgIpc) is 3.28. The highest BCUT2D eigenvalue weighted by molar-refractivity contribution is 5.80. The molecule has 2 aromatic carbocycles. The van der Waals surface area contributed by atoms with Gasteiger partial charge in [-0.15, -0.1) is 0 Å². The molecular formula is C25H23F2N5O. The van der Waals surface area contributed by atoms with Gasteiger partial charge in [-0.1, -0.05) is 12.1 Å². The molecule has 168 valence electrons. The molecule has 1 saturated heterocycles. The number of anilines is 1. The highest BCUT2D eigenvalue weighted by Gasteiger charge is 2.27. The van der Waals surface area contributed by atoms with E-state index in [0.717, 1.165) is 47.5 Å². The van der Waals surface area contributed by atoms with Crippen molar-refractivity contribution in [3.8, 4) is 11.3 Å². The van der Waals surface area contributed by atoms with Crippen LogP contribution >= 0.6 is 0 Å². The first-order valence-electron chi connectivity index (χ1n) is 10.9. The summed E-state index contributed by atoms with van der Waals surface area (Å²) < 4.78 is 28.1.